The summed E-state index contributed by atoms with van der Waals surface area (Å²) in [5, 5.41) is 0. The molecule has 0 amide bonds. The number of benzene rings is 11. The van der Waals surface area contributed by atoms with Crippen LogP contribution in [0.5, 0.6) is 0 Å². The van der Waals surface area contributed by atoms with Gasteiger partial charge in [-0.25, -0.2) is 19.9 Å². The van der Waals surface area contributed by atoms with Crippen molar-refractivity contribution in [2.75, 3.05) is 9.80 Å². The second-order valence-corrected chi connectivity index (χ2v) is 23.9. The average Bonchev–Trinajstić information content (AvgIpc) is 1.28. The van der Waals surface area contributed by atoms with Crippen LogP contribution in [-0.4, -0.2) is 19.9 Å². The molecule has 0 radical (unpaired) electrons. The zero-order chi connectivity index (χ0) is 58.5. The lowest BCUT2D eigenvalue weighted by atomic mass is 9.85. The van der Waals surface area contributed by atoms with E-state index < -0.39 is 0 Å². The van der Waals surface area contributed by atoms with Crippen molar-refractivity contribution in [1.82, 2.24) is 19.9 Å². The SMILES string of the molecule is CC(C)(C)c1ccc(-c2ccc(-c3ccc(C(C)(C)C)cc3)c3nc(-c4ccc(N(c5ccccc5)c5ccc(-c6nc7ccccc7o6)cc5)cc4)c(-c4ccc(N(c5ccccc5)c5ccc(-c6nc7ccccc7o6)cc5)cc4)nc23)cc1. The smallest absolute Gasteiger partial charge is 0.227 e. The molecule has 0 unspecified atom stereocenters. The second-order valence-electron chi connectivity index (χ2n) is 23.9. The molecule has 8 heteroatoms. The lowest BCUT2D eigenvalue weighted by Crippen LogP contribution is -2.10. The van der Waals surface area contributed by atoms with Gasteiger partial charge in [0.05, 0.1) is 22.4 Å². The summed E-state index contributed by atoms with van der Waals surface area (Å²) in [7, 11) is 0. The Morgan fingerprint density at radius 3 is 0.884 bits per heavy atom. The Labute approximate surface area is 501 Å². The Morgan fingerprint density at radius 1 is 0.267 bits per heavy atom. The van der Waals surface area contributed by atoms with E-state index in [1.54, 1.807) is 0 Å². The fourth-order valence-electron chi connectivity index (χ4n) is 11.4. The van der Waals surface area contributed by atoms with Crippen LogP contribution in [-0.2, 0) is 10.8 Å². The first-order valence-electron chi connectivity index (χ1n) is 29.3. The van der Waals surface area contributed by atoms with Crippen LogP contribution < -0.4 is 9.80 Å². The van der Waals surface area contributed by atoms with Gasteiger partial charge in [0.1, 0.15) is 11.0 Å². The van der Waals surface area contributed by atoms with E-state index in [4.69, 9.17) is 28.8 Å². The monoisotopic (exact) mass is 1110 g/mol. The quantitative estimate of drug-likeness (QED) is 0.120. The molecule has 0 fully saturated rings. The molecule has 8 nitrogen and oxygen atoms in total. The molecule has 0 saturated carbocycles. The summed E-state index contributed by atoms with van der Waals surface area (Å²) in [6.45, 7) is 13.5. The fourth-order valence-corrected chi connectivity index (χ4v) is 11.4. The predicted octanol–water partition coefficient (Wildman–Crippen LogP) is 21.4. The summed E-state index contributed by atoms with van der Waals surface area (Å²) in [4.78, 5) is 25.8. The van der Waals surface area contributed by atoms with Crippen LogP contribution in [0.3, 0.4) is 0 Å². The molecule has 3 heterocycles. The minimum Gasteiger partial charge on any atom is -0.436 e. The van der Waals surface area contributed by atoms with Crippen molar-refractivity contribution in [3.63, 3.8) is 0 Å². The Hall–Kier alpha value is -10.7. The van der Waals surface area contributed by atoms with Crippen LogP contribution in [0.25, 0.3) is 101 Å². The third-order valence-corrected chi connectivity index (χ3v) is 16.1. The maximum Gasteiger partial charge on any atom is 0.227 e. The molecule has 11 aromatic carbocycles. The largest absolute Gasteiger partial charge is 0.436 e. The molecular weight excluding hydrogens is 1050 g/mol. The molecule has 14 aromatic rings. The van der Waals surface area contributed by atoms with Crippen molar-refractivity contribution in [3.05, 3.63) is 278 Å². The molecule has 0 aliphatic heterocycles. The van der Waals surface area contributed by atoms with Crippen LogP contribution in [0.15, 0.2) is 276 Å². The molecule has 0 N–H and O–H groups in total. The van der Waals surface area contributed by atoms with E-state index in [-0.39, 0.29) is 10.8 Å². The molecule has 416 valence electrons. The van der Waals surface area contributed by atoms with Gasteiger partial charge in [0.2, 0.25) is 11.8 Å². The Kier molecular flexibility index (Phi) is 13.5. The van der Waals surface area contributed by atoms with Gasteiger partial charge in [-0.3, -0.25) is 0 Å². The van der Waals surface area contributed by atoms with Gasteiger partial charge in [-0.1, -0.05) is 187 Å². The zero-order valence-electron chi connectivity index (χ0n) is 48.9. The standard InChI is InChI=1S/C78H62N6O2/c1-77(2,3)57-37-25-51(26-38-57)65-49-50-66(52-27-39-58(40-28-52)78(4,5)6)74-73(65)81-71(53-29-41-61(42-30-53)83(59-17-9-7-10-18-59)63-45-33-55(34-46-63)75-79-67-21-13-15-23-69(67)85-75)72(82-74)54-31-43-62(44-32-54)84(60-19-11-8-12-20-60)64-47-35-56(36-48-64)76-80-68-22-14-16-24-70(68)86-76/h7-50H,1-6H3. The summed E-state index contributed by atoms with van der Waals surface area (Å²) in [6.07, 6.45) is 0. The van der Waals surface area contributed by atoms with E-state index in [1.165, 1.54) is 11.1 Å². The topological polar surface area (TPSA) is 84.3 Å². The van der Waals surface area contributed by atoms with Crippen LogP contribution >= 0.6 is 0 Å². The molecule has 3 aromatic heterocycles. The number of nitrogens with zero attached hydrogens (tertiary/aromatic N) is 6. The lowest BCUT2D eigenvalue weighted by Gasteiger charge is -2.26. The van der Waals surface area contributed by atoms with Crippen LogP contribution in [0, 0.1) is 0 Å². The molecule has 0 atom stereocenters. The summed E-state index contributed by atoms with van der Waals surface area (Å²) in [5.41, 5.74) is 22.7. The Balaban J connectivity index is 0.913. The minimum absolute atomic E-state index is 0.00346. The number of aromatic nitrogens is 4. The van der Waals surface area contributed by atoms with Crippen molar-refractivity contribution in [2.24, 2.45) is 0 Å². The molecule has 0 bridgehead atoms. The van der Waals surface area contributed by atoms with Gasteiger partial charge in [-0.15, -0.1) is 0 Å². The molecule has 0 aliphatic rings. The van der Waals surface area contributed by atoms with Crippen molar-refractivity contribution < 1.29 is 8.83 Å². The summed E-state index contributed by atoms with van der Waals surface area (Å²) in [5.74, 6) is 1.17. The summed E-state index contributed by atoms with van der Waals surface area (Å²) >= 11 is 0. The number of hydrogen-bond acceptors (Lipinski definition) is 8. The van der Waals surface area contributed by atoms with Gasteiger partial charge in [0, 0.05) is 67.5 Å². The number of fused-ring (bicyclic) bond motifs is 3. The molecule has 14 rings (SSSR count). The van der Waals surface area contributed by atoms with E-state index in [1.807, 2.05) is 60.7 Å². The average molecular weight is 1120 g/mol. The van der Waals surface area contributed by atoms with Gasteiger partial charge in [0.25, 0.3) is 0 Å². The van der Waals surface area contributed by atoms with Gasteiger partial charge in [0.15, 0.2) is 11.2 Å². The van der Waals surface area contributed by atoms with Crippen LogP contribution in [0.2, 0.25) is 0 Å². The van der Waals surface area contributed by atoms with Crippen molar-refractivity contribution in [3.8, 4) is 67.7 Å². The first-order valence-corrected chi connectivity index (χ1v) is 29.3. The first kappa shape index (κ1) is 53.3. The summed E-state index contributed by atoms with van der Waals surface area (Å²) < 4.78 is 12.4. The number of para-hydroxylation sites is 6. The van der Waals surface area contributed by atoms with E-state index in [9.17, 15) is 0 Å². The highest BCUT2D eigenvalue weighted by Crippen LogP contribution is 2.44. The van der Waals surface area contributed by atoms with Crippen LogP contribution in [0.4, 0.5) is 34.1 Å². The van der Waals surface area contributed by atoms with Crippen LogP contribution in [0.1, 0.15) is 52.7 Å². The van der Waals surface area contributed by atoms with Gasteiger partial charge in [-0.05, 0) is 154 Å². The molecule has 0 aliphatic carbocycles. The number of anilines is 6. The summed E-state index contributed by atoms with van der Waals surface area (Å²) in [6, 6.07) is 93.3. The van der Waals surface area contributed by atoms with Crippen molar-refractivity contribution in [2.45, 2.75) is 52.4 Å². The molecular formula is C78H62N6O2. The van der Waals surface area contributed by atoms with E-state index in [2.05, 4.69) is 258 Å². The fraction of sp³-hybridized carbons (Fsp3) is 0.103. The molecule has 0 saturated heterocycles. The Morgan fingerprint density at radius 2 is 0.558 bits per heavy atom. The van der Waals surface area contributed by atoms with Crippen molar-refractivity contribution >= 4 is 67.4 Å². The van der Waals surface area contributed by atoms with E-state index in [0.717, 1.165) is 123 Å². The first-order chi connectivity index (χ1) is 41.9. The number of hydrogen-bond donors (Lipinski definition) is 0. The highest BCUT2D eigenvalue weighted by atomic mass is 16.4. The van der Waals surface area contributed by atoms with Crippen molar-refractivity contribution in [1.29, 1.82) is 0 Å². The molecule has 86 heavy (non-hydrogen) atoms. The maximum atomic E-state index is 6.18. The number of oxazole rings is 2. The number of rotatable bonds is 12. The highest BCUT2D eigenvalue weighted by molar-refractivity contribution is 6.03. The Bertz CT molecular complexity index is 4340. The lowest BCUT2D eigenvalue weighted by molar-refractivity contribution is 0.590. The van der Waals surface area contributed by atoms with Gasteiger partial charge < -0.3 is 18.6 Å². The third kappa shape index (κ3) is 10.4. The maximum absolute atomic E-state index is 6.18. The highest BCUT2D eigenvalue weighted by Gasteiger charge is 2.24. The predicted molar refractivity (Wildman–Crippen MR) is 354 cm³/mol. The van der Waals surface area contributed by atoms with Gasteiger partial charge in [-0.2, -0.15) is 0 Å². The van der Waals surface area contributed by atoms with Gasteiger partial charge >= 0.3 is 0 Å². The zero-order valence-corrected chi connectivity index (χ0v) is 48.9. The minimum atomic E-state index is -0.00346. The molecule has 0 spiro atoms. The third-order valence-electron chi connectivity index (χ3n) is 16.1. The normalized spacial score (nSPS) is 11.8. The van der Waals surface area contributed by atoms with E-state index >= 15 is 0 Å². The second kappa shape index (κ2) is 21.8. The van der Waals surface area contributed by atoms with E-state index in [0.29, 0.717) is 11.8 Å².